The molecule has 0 unspecified atom stereocenters. The largest absolute Gasteiger partial charge is 0.419 e. The minimum atomic E-state index is -4.50. The molecule has 0 saturated carbocycles. The van der Waals surface area contributed by atoms with Gasteiger partial charge in [0.2, 0.25) is 0 Å². The van der Waals surface area contributed by atoms with E-state index in [9.17, 15) is 18.0 Å². The molecular weight excluding hydrogens is 285 g/mol. The van der Waals surface area contributed by atoms with E-state index in [1.807, 2.05) is 0 Å². The molecule has 2 rings (SSSR count). The van der Waals surface area contributed by atoms with Crippen molar-refractivity contribution in [2.75, 3.05) is 12.3 Å². The van der Waals surface area contributed by atoms with E-state index in [-0.39, 0.29) is 11.3 Å². The molecular formula is C13H13F3N4O. The summed E-state index contributed by atoms with van der Waals surface area (Å²) >= 11 is 0. The number of nitrogens with two attached hydrogens (primary N) is 1. The smallest absolute Gasteiger partial charge is 0.399 e. The Morgan fingerprint density at radius 2 is 2.14 bits per heavy atom. The van der Waals surface area contributed by atoms with Crippen molar-refractivity contribution in [1.29, 1.82) is 0 Å². The Hall–Kier alpha value is -2.51. The summed E-state index contributed by atoms with van der Waals surface area (Å²) in [6.07, 6.45) is -2.98. The Morgan fingerprint density at radius 3 is 2.71 bits per heavy atom. The van der Waals surface area contributed by atoms with Gasteiger partial charge >= 0.3 is 6.18 Å². The number of carbonyl (C=O) groups is 1. The fourth-order valence-electron chi connectivity index (χ4n) is 1.79. The zero-order chi connectivity index (χ0) is 15.6. The molecule has 1 aromatic carbocycles. The average Bonchev–Trinajstić information content (AvgIpc) is 2.88. The van der Waals surface area contributed by atoms with E-state index in [1.54, 1.807) is 6.92 Å². The Kier molecular flexibility index (Phi) is 3.88. The molecule has 2 aromatic rings. The maximum absolute atomic E-state index is 12.6. The molecule has 1 amide bonds. The topological polar surface area (TPSA) is 72.9 Å². The molecule has 0 spiro atoms. The molecule has 0 fully saturated rings. The third-order valence-electron chi connectivity index (χ3n) is 2.76. The van der Waals surface area contributed by atoms with E-state index < -0.39 is 17.6 Å². The summed E-state index contributed by atoms with van der Waals surface area (Å²) < 4.78 is 38.8. The molecule has 1 aromatic heterocycles. The van der Waals surface area contributed by atoms with Crippen molar-refractivity contribution in [3.8, 4) is 5.69 Å². The minimum Gasteiger partial charge on any atom is -0.399 e. The number of hydrogen-bond acceptors (Lipinski definition) is 3. The number of halogens is 3. The van der Waals surface area contributed by atoms with Crippen molar-refractivity contribution >= 4 is 11.6 Å². The lowest BCUT2D eigenvalue weighted by Crippen LogP contribution is -2.24. The first kappa shape index (κ1) is 14.9. The second kappa shape index (κ2) is 5.47. The second-order valence-electron chi connectivity index (χ2n) is 4.31. The predicted molar refractivity (Wildman–Crippen MR) is 71.0 cm³/mol. The van der Waals surface area contributed by atoms with Crippen LogP contribution in [0.1, 0.15) is 22.8 Å². The SMILES string of the molecule is CCNC(=O)c1ccc(N)cc1-n1cc(C(F)(F)F)cn1. The maximum Gasteiger partial charge on any atom is 0.419 e. The van der Waals surface area contributed by atoms with Gasteiger partial charge in [0, 0.05) is 18.4 Å². The standard InChI is InChI=1S/C13H13F3N4O/c1-2-18-12(21)10-4-3-9(17)5-11(10)20-7-8(6-19-20)13(14,15)16/h3-7H,2,17H2,1H3,(H,18,21). The van der Waals surface area contributed by atoms with E-state index in [0.717, 1.165) is 10.9 Å². The van der Waals surface area contributed by atoms with Crippen molar-refractivity contribution < 1.29 is 18.0 Å². The van der Waals surface area contributed by atoms with Crippen LogP contribution < -0.4 is 11.1 Å². The number of amides is 1. The van der Waals surface area contributed by atoms with Gasteiger partial charge in [-0.1, -0.05) is 0 Å². The molecule has 8 heteroatoms. The molecule has 1 heterocycles. The van der Waals surface area contributed by atoms with Gasteiger partial charge in [0.05, 0.1) is 23.0 Å². The number of rotatable bonds is 3. The summed E-state index contributed by atoms with van der Waals surface area (Å²) in [5.41, 5.74) is 5.45. The van der Waals surface area contributed by atoms with Crippen molar-refractivity contribution in [2.45, 2.75) is 13.1 Å². The van der Waals surface area contributed by atoms with Gasteiger partial charge in [-0.25, -0.2) is 4.68 Å². The summed E-state index contributed by atoms with van der Waals surface area (Å²) in [5, 5.41) is 6.24. The number of carbonyl (C=O) groups excluding carboxylic acids is 1. The van der Waals surface area contributed by atoms with E-state index in [1.165, 1.54) is 18.2 Å². The number of nitrogens with zero attached hydrogens (tertiary/aromatic N) is 2. The summed E-state index contributed by atoms with van der Waals surface area (Å²) in [6, 6.07) is 4.35. The Morgan fingerprint density at radius 1 is 1.43 bits per heavy atom. The zero-order valence-corrected chi connectivity index (χ0v) is 11.1. The van der Waals surface area contributed by atoms with Crippen LogP contribution in [-0.2, 0) is 6.18 Å². The molecule has 0 aliphatic rings. The minimum absolute atomic E-state index is 0.191. The lowest BCUT2D eigenvalue weighted by molar-refractivity contribution is -0.137. The van der Waals surface area contributed by atoms with Gasteiger partial charge in [0.25, 0.3) is 5.91 Å². The summed E-state index contributed by atoms with van der Waals surface area (Å²) in [5.74, 6) is -0.406. The van der Waals surface area contributed by atoms with Crippen LogP contribution in [0.2, 0.25) is 0 Å². The Balaban J connectivity index is 2.49. The molecule has 0 bridgehead atoms. The van der Waals surface area contributed by atoms with Gasteiger partial charge in [-0.15, -0.1) is 0 Å². The summed E-state index contributed by atoms with van der Waals surface area (Å²) in [4.78, 5) is 11.9. The lowest BCUT2D eigenvalue weighted by atomic mass is 10.1. The number of nitrogens with one attached hydrogen (secondary N) is 1. The Labute approximate surface area is 118 Å². The van der Waals surface area contributed by atoms with E-state index in [4.69, 9.17) is 5.73 Å². The van der Waals surface area contributed by atoms with Crippen LogP contribution in [0.4, 0.5) is 18.9 Å². The monoisotopic (exact) mass is 298 g/mol. The van der Waals surface area contributed by atoms with Gasteiger partial charge in [0.15, 0.2) is 0 Å². The number of aromatic nitrogens is 2. The number of hydrogen-bond donors (Lipinski definition) is 2. The quantitative estimate of drug-likeness (QED) is 0.853. The molecule has 0 atom stereocenters. The third-order valence-corrected chi connectivity index (χ3v) is 2.76. The van der Waals surface area contributed by atoms with Crippen LogP contribution in [0.15, 0.2) is 30.6 Å². The van der Waals surface area contributed by atoms with E-state index in [2.05, 4.69) is 10.4 Å². The van der Waals surface area contributed by atoms with Crippen LogP contribution in [-0.4, -0.2) is 22.2 Å². The number of alkyl halides is 3. The fourth-order valence-corrected chi connectivity index (χ4v) is 1.79. The Bertz CT molecular complexity index is 664. The van der Waals surface area contributed by atoms with Crippen LogP contribution in [0.25, 0.3) is 5.69 Å². The van der Waals surface area contributed by atoms with Crippen molar-refractivity contribution in [3.05, 3.63) is 41.7 Å². The molecule has 0 radical (unpaired) electrons. The molecule has 0 aliphatic heterocycles. The molecule has 3 N–H and O–H groups in total. The lowest BCUT2D eigenvalue weighted by Gasteiger charge is -2.10. The molecule has 112 valence electrons. The highest BCUT2D eigenvalue weighted by atomic mass is 19.4. The number of anilines is 1. The first-order valence-corrected chi connectivity index (χ1v) is 6.13. The van der Waals surface area contributed by atoms with Crippen LogP contribution >= 0.6 is 0 Å². The summed E-state index contributed by atoms with van der Waals surface area (Å²) in [6.45, 7) is 2.14. The highest BCUT2D eigenvalue weighted by molar-refractivity contribution is 5.98. The molecule has 0 aliphatic carbocycles. The highest BCUT2D eigenvalue weighted by Gasteiger charge is 2.32. The fraction of sp³-hybridized carbons (Fsp3) is 0.231. The van der Waals surface area contributed by atoms with Gasteiger partial charge in [-0.2, -0.15) is 18.3 Å². The first-order chi connectivity index (χ1) is 9.82. The zero-order valence-electron chi connectivity index (χ0n) is 11.1. The predicted octanol–water partition coefficient (Wildman–Crippen LogP) is 2.22. The van der Waals surface area contributed by atoms with Gasteiger partial charge in [-0.3, -0.25) is 4.79 Å². The van der Waals surface area contributed by atoms with Gasteiger partial charge in [0.1, 0.15) is 0 Å². The highest BCUT2D eigenvalue weighted by Crippen LogP contribution is 2.29. The van der Waals surface area contributed by atoms with E-state index >= 15 is 0 Å². The van der Waals surface area contributed by atoms with Crippen LogP contribution in [0, 0.1) is 0 Å². The van der Waals surface area contributed by atoms with E-state index in [0.29, 0.717) is 18.4 Å². The molecule has 21 heavy (non-hydrogen) atoms. The van der Waals surface area contributed by atoms with Crippen LogP contribution in [0.5, 0.6) is 0 Å². The first-order valence-electron chi connectivity index (χ1n) is 6.13. The second-order valence-corrected chi connectivity index (χ2v) is 4.31. The summed E-state index contributed by atoms with van der Waals surface area (Å²) in [7, 11) is 0. The van der Waals surface area contributed by atoms with Gasteiger partial charge in [-0.05, 0) is 25.1 Å². The third kappa shape index (κ3) is 3.15. The normalized spacial score (nSPS) is 11.4. The van der Waals surface area contributed by atoms with Crippen molar-refractivity contribution in [3.63, 3.8) is 0 Å². The average molecular weight is 298 g/mol. The van der Waals surface area contributed by atoms with Crippen molar-refractivity contribution in [1.82, 2.24) is 15.1 Å². The molecule has 0 saturated heterocycles. The van der Waals surface area contributed by atoms with Gasteiger partial charge < -0.3 is 11.1 Å². The molecule has 5 nitrogen and oxygen atoms in total. The van der Waals surface area contributed by atoms with Crippen LogP contribution in [0.3, 0.4) is 0 Å². The maximum atomic E-state index is 12.6. The number of nitrogen functional groups attached to an aromatic ring is 1. The number of benzene rings is 1. The van der Waals surface area contributed by atoms with Crippen molar-refractivity contribution in [2.24, 2.45) is 0 Å².